The Hall–Kier alpha value is -0.340. The zero-order valence-electron chi connectivity index (χ0n) is 8.83. The monoisotopic (exact) mass is 209 g/mol. The average molecular weight is 209 g/mol. The first-order chi connectivity index (χ1) is 6.75. The molecule has 1 heterocycles. The molecule has 0 atom stereocenters. The van der Waals surface area contributed by atoms with Crippen LogP contribution in [0.2, 0.25) is 0 Å². The van der Waals surface area contributed by atoms with Crippen LogP contribution in [0.15, 0.2) is 11.4 Å². The van der Waals surface area contributed by atoms with E-state index in [1.54, 1.807) is 4.88 Å². The van der Waals surface area contributed by atoms with Crippen molar-refractivity contribution < 1.29 is 0 Å². The summed E-state index contributed by atoms with van der Waals surface area (Å²) in [6, 6.07) is 2.71. The summed E-state index contributed by atoms with van der Waals surface area (Å²) < 4.78 is 0. The highest BCUT2D eigenvalue weighted by Crippen LogP contribution is 2.29. The summed E-state index contributed by atoms with van der Waals surface area (Å²) in [6.45, 7) is 2.22. The van der Waals surface area contributed by atoms with Gasteiger partial charge in [0.25, 0.3) is 0 Å². The molecular formula is C12H19NS. The van der Waals surface area contributed by atoms with Crippen molar-refractivity contribution in [2.45, 2.75) is 45.1 Å². The molecule has 0 saturated heterocycles. The predicted octanol–water partition coefficient (Wildman–Crippen LogP) is 3.12. The lowest BCUT2D eigenvalue weighted by atomic mass is 9.84. The van der Waals surface area contributed by atoms with Gasteiger partial charge in [-0.1, -0.05) is 0 Å². The summed E-state index contributed by atoms with van der Waals surface area (Å²) in [4.78, 5) is 1.59. The van der Waals surface area contributed by atoms with E-state index in [0.29, 0.717) is 6.04 Å². The van der Waals surface area contributed by atoms with Gasteiger partial charge in [-0.3, -0.25) is 0 Å². The van der Waals surface area contributed by atoms with Crippen molar-refractivity contribution in [1.29, 1.82) is 0 Å². The van der Waals surface area contributed by atoms with Gasteiger partial charge in [0.2, 0.25) is 0 Å². The fraction of sp³-hybridized carbons (Fsp3) is 0.667. The zero-order valence-corrected chi connectivity index (χ0v) is 9.65. The third kappa shape index (κ3) is 2.37. The summed E-state index contributed by atoms with van der Waals surface area (Å²) in [5, 5.41) is 2.21. The molecule has 1 aliphatic carbocycles. The van der Waals surface area contributed by atoms with Gasteiger partial charge in [-0.15, -0.1) is 11.3 Å². The molecule has 2 N–H and O–H groups in total. The van der Waals surface area contributed by atoms with Crippen molar-refractivity contribution in [3.8, 4) is 0 Å². The third-order valence-electron chi connectivity index (χ3n) is 3.33. The van der Waals surface area contributed by atoms with E-state index in [4.69, 9.17) is 5.73 Å². The summed E-state index contributed by atoms with van der Waals surface area (Å²) in [5.74, 6) is 0.896. The molecule has 1 saturated carbocycles. The Labute approximate surface area is 90.3 Å². The average Bonchev–Trinajstić information content (AvgIpc) is 2.56. The Morgan fingerprint density at radius 1 is 1.36 bits per heavy atom. The van der Waals surface area contributed by atoms with E-state index in [1.807, 2.05) is 11.3 Å². The van der Waals surface area contributed by atoms with Crippen molar-refractivity contribution in [2.75, 3.05) is 0 Å². The molecule has 1 aliphatic rings. The van der Waals surface area contributed by atoms with Crippen LogP contribution < -0.4 is 5.73 Å². The normalized spacial score (nSPS) is 27.9. The SMILES string of the molecule is Cc1ccsc1CC1CCC(N)CC1. The smallest absolute Gasteiger partial charge is 0.00771 e. The molecule has 1 aromatic rings. The fourth-order valence-electron chi connectivity index (χ4n) is 2.27. The van der Waals surface area contributed by atoms with Crippen LogP contribution in [-0.2, 0) is 6.42 Å². The van der Waals surface area contributed by atoms with Crippen LogP contribution in [0.4, 0.5) is 0 Å². The van der Waals surface area contributed by atoms with Crippen LogP contribution in [0, 0.1) is 12.8 Å². The van der Waals surface area contributed by atoms with Crippen LogP contribution in [0.3, 0.4) is 0 Å². The van der Waals surface area contributed by atoms with Gasteiger partial charge in [0.1, 0.15) is 0 Å². The number of rotatable bonds is 2. The number of nitrogens with two attached hydrogens (primary N) is 1. The van der Waals surface area contributed by atoms with E-state index < -0.39 is 0 Å². The Morgan fingerprint density at radius 2 is 2.07 bits per heavy atom. The molecule has 0 bridgehead atoms. The van der Waals surface area contributed by atoms with Gasteiger partial charge in [0.15, 0.2) is 0 Å². The van der Waals surface area contributed by atoms with E-state index in [9.17, 15) is 0 Å². The number of hydrogen-bond acceptors (Lipinski definition) is 2. The minimum absolute atomic E-state index is 0.482. The lowest BCUT2D eigenvalue weighted by molar-refractivity contribution is 0.326. The topological polar surface area (TPSA) is 26.0 Å². The minimum atomic E-state index is 0.482. The van der Waals surface area contributed by atoms with Gasteiger partial charge >= 0.3 is 0 Å². The summed E-state index contributed by atoms with van der Waals surface area (Å²) in [5.41, 5.74) is 7.38. The first-order valence-electron chi connectivity index (χ1n) is 5.54. The Morgan fingerprint density at radius 3 is 2.64 bits per heavy atom. The maximum Gasteiger partial charge on any atom is 0.00771 e. The summed E-state index contributed by atoms with van der Waals surface area (Å²) in [6.07, 6.45) is 6.41. The second-order valence-corrected chi connectivity index (χ2v) is 5.51. The minimum Gasteiger partial charge on any atom is -0.328 e. The van der Waals surface area contributed by atoms with Crippen LogP contribution in [-0.4, -0.2) is 6.04 Å². The molecule has 2 heteroatoms. The number of hydrogen-bond donors (Lipinski definition) is 1. The van der Waals surface area contributed by atoms with Crippen molar-refractivity contribution in [3.63, 3.8) is 0 Å². The standard InChI is InChI=1S/C12H19NS/c1-9-6-7-14-12(9)8-10-2-4-11(13)5-3-10/h6-7,10-11H,2-5,8,13H2,1H3. The quantitative estimate of drug-likeness (QED) is 0.795. The molecule has 0 aromatic carbocycles. The number of thiophene rings is 1. The lowest BCUT2D eigenvalue weighted by Gasteiger charge is -2.25. The lowest BCUT2D eigenvalue weighted by Crippen LogP contribution is -2.27. The largest absolute Gasteiger partial charge is 0.328 e. The van der Waals surface area contributed by atoms with Crippen molar-refractivity contribution in [1.82, 2.24) is 0 Å². The van der Waals surface area contributed by atoms with E-state index in [1.165, 1.54) is 37.7 Å². The highest BCUT2D eigenvalue weighted by atomic mass is 32.1. The first kappa shape index (κ1) is 10.2. The Kier molecular flexibility index (Phi) is 3.24. The van der Waals surface area contributed by atoms with Crippen LogP contribution in [0.1, 0.15) is 36.1 Å². The van der Waals surface area contributed by atoms with Gasteiger partial charge in [-0.25, -0.2) is 0 Å². The van der Waals surface area contributed by atoms with Gasteiger partial charge in [0, 0.05) is 10.9 Å². The molecule has 78 valence electrons. The second-order valence-electron chi connectivity index (χ2n) is 4.51. The van der Waals surface area contributed by atoms with Gasteiger partial charge in [-0.05, 0) is 62.0 Å². The van der Waals surface area contributed by atoms with Crippen molar-refractivity contribution in [3.05, 3.63) is 21.9 Å². The van der Waals surface area contributed by atoms with Gasteiger partial charge < -0.3 is 5.73 Å². The first-order valence-corrected chi connectivity index (χ1v) is 6.42. The predicted molar refractivity (Wildman–Crippen MR) is 62.7 cm³/mol. The van der Waals surface area contributed by atoms with Crippen LogP contribution >= 0.6 is 11.3 Å². The highest BCUT2D eigenvalue weighted by molar-refractivity contribution is 7.10. The van der Waals surface area contributed by atoms with E-state index >= 15 is 0 Å². The fourth-order valence-corrected chi connectivity index (χ4v) is 3.29. The molecule has 1 aromatic heterocycles. The van der Waals surface area contributed by atoms with Crippen molar-refractivity contribution >= 4 is 11.3 Å². The van der Waals surface area contributed by atoms with E-state index in [-0.39, 0.29) is 0 Å². The molecule has 0 amide bonds. The molecule has 0 radical (unpaired) electrons. The second kappa shape index (κ2) is 4.45. The zero-order chi connectivity index (χ0) is 9.97. The van der Waals surface area contributed by atoms with E-state index in [2.05, 4.69) is 18.4 Å². The van der Waals surface area contributed by atoms with Crippen LogP contribution in [0.5, 0.6) is 0 Å². The van der Waals surface area contributed by atoms with Crippen LogP contribution in [0.25, 0.3) is 0 Å². The molecule has 14 heavy (non-hydrogen) atoms. The molecule has 0 spiro atoms. The number of aryl methyl sites for hydroxylation is 1. The Bertz CT molecular complexity index is 284. The molecule has 1 fully saturated rings. The molecule has 1 nitrogen and oxygen atoms in total. The highest BCUT2D eigenvalue weighted by Gasteiger charge is 2.19. The molecule has 0 aliphatic heterocycles. The third-order valence-corrected chi connectivity index (χ3v) is 4.38. The Balaban J connectivity index is 1.89. The van der Waals surface area contributed by atoms with E-state index in [0.717, 1.165) is 5.92 Å². The van der Waals surface area contributed by atoms with Gasteiger partial charge in [0.05, 0.1) is 0 Å². The maximum atomic E-state index is 5.90. The van der Waals surface area contributed by atoms with Crippen molar-refractivity contribution in [2.24, 2.45) is 11.7 Å². The summed E-state index contributed by atoms with van der Waals surface area (Å²) in [7, 11) is 0. The molecular weight excluding hydrogens is 190 g/mol. The molecule has 2 rings (SSSR count). The maximum absolute atomic E-state index is 5.90. The molecule has 0 unspecified atom stereocenters. The summed E-state index contributed by atoms with van der Waals surface area (Å²) >= 11 is 1.91. The van der Waals surface area contributed by atoms with Gasteiger partial charge in [-0.2, -0.15) is 0 Å².